The fraction of sp³-hybridized carbons (Fsp3) is 0.556. The number of rotatable bonds is 6. The maximum atomic E-state index is 12.1. The Morgan fingerprint density at radius 1 is 1.08 bits per heavy atom. The quantitative estimate of drug-likeness (QED) is 0.422. The Balaban J connectivity index is 3.32. The molecule has 0 aromatic heterocycles. The summed E-state index contributed by atoms with van der Waals surface area (Å²) >= 11 is 0. The van der Waals surface area contributed by atoms with E-state index in [0.29, 0.717) is 6.42 Å². The topological polar surface area (TPSA) is 0 Å². The van der Waals surface area contributed by atoms with Crippen LogP contribution >= 0.6 is 0 Å². The van der Waals surface area contributed by atoms with Gasteiger partial charge in [0.05, 0.1) is 0 Å². The summed E-state index contributed by atoms with van der Waals surface area (Å²) in [6.07, 6.45) is 2.46. The lowest BCUT2D eigenvalue weighted by Gasteiger charge is -1.96. The Kier molecular flexibility index (Phi) is 6.53. The highest BCUT2D eigenvalue weighted by Crippen LogP contribution is 2.16. The molecule has 12 heavy (non-hydrogen) atoms. The molecule has 0 aliphatic heterocycles. The van der Waals surface area contributed by atoms with E-state index in [1.54, 1.807) is 6.08 Å². The molecule has 0 heterocycles. The molecule has 0 unspecified atom stereocenters. The molecule has 0 saturated carbocycles. The lowest BCUT2D eigenvalue weighted by Crippen LogP contribution is -1.80. The number of hydrogen-bond acceptors (Lipinski definition) is 0. The molecule has 0 saturated heterocycles. The predicted molar refractivity (Wildman–Crippen MR) is 43.6 cm³/mol. The standard InChI is InChI=1S/C9H13F3/c1-2-3-4-5-6-7-8(10)9(11)12/h2H,1,3-7H2. The number of hydrogen-bond donors (Lipinski definition) is 0. The van der Waals surface area contributed by atoms with E-state index in [0.717, 1.165) is 19.3 Å². The minimum Gasteiger partial charge on any atom is -0.206 e. The Morgan fingerprint density at radius 3 is 2.25 bits per heavy atom. The number of halogens is 3. The van der Waals surface area contributed by atoms with E-state index >= 15 is 0 Å². The molecule has 0 spiro atoms. The van der Waals surface area contributed by atoms with Crippen LogP contribution in [0.1, 0.15) is 32.1 Å². The fourth-order valence-electron chi connectivity index (χ4n) is 0.840. The third-order valence-electron chi connectivity index (χ3n) is 1.51. The minimum atomic E-state index is -2.18. The lowest BCUT2D eigenvalue weighted by molar-refractivity contribution is 0.367. The minimum absolute atomic E-state index is 0.139. The van der Waals surface area contributed by atoms with E-state index in [4.69, 9.17) is 0 Å². The van der Waals surface area contributed by atoms with Gasteiger partial charge in [0.15, 0.2) is 5.83 Å². The average molecular weight is 178 g/mol. The molecule has 0 aromatic carbocycles. The van der Waals surface area contributed by atoms with Crippen molar-refractivity contribution < 1.29 is 13.2 Å². The highest BCUT2D eigenvalue weighted by molar-refractivity contribution is 4.90. The normalized spacial score (nSPS) is 9.58. The summed E-state index contributed by atoms with van der Waals surface area (Å²) in [5, 5.41) is 0. The van der Waals surface area contributed by atoms with Crippen LogP contribution in [-0.4, -0.2) is 0 Å². The van der Waals surface area contributed by atoms with Crippen LogP contribution in [0.5, 0.6) is 0 Å². The van der Waals surface area contributed by atoms with Crippen LogP contribution in [0.15, 0.2) is 24.6 Å². The first-order valence-electron chi connectivity index (χ1n) is 3.99. The van der Waals surface area contributed by atoms with E-state index in [1.165, 1.54) is 0 Å². The molecule has 0 N–H and O–H groups in total. The van der Waals surface area contributed by atoms with Gasteiger partial charge in [0.1, 0.15) is 0 Å². The molecule has 0 amide bonds. The molecule has 0 bridgehead atoms. The van der Waals surface area contributed by atoms with Gasteiger partial charge in [0.2, 0.25) is 0 Å². The smallest absolute Gasteiger partial charge is 0.206 e. The summed E-state index contributed by atoms with van der Waals surface area (Å²) in [5.74, 6) is -1.27. The molecular formula is C9H13F3. The zero-order chi connectivity index (χ0) is 9.40. The number of allylic oxidation sites excluding steroid dienone is 2. The van der Waals surface area contributed by atoms with Crippen LogP contribution in [0.25, 0.3) is 0 Å². The highest BCUT2D eigenvalue weighted by atomic mass is 19.3. The van der Waals surface area contributed by atoms with Crippen molar-refractivity contribution in [3.63, 3.8) is 0 Å². The van der Waals surface area contributed by atoms with E-state index in [1.807, 2.05) is 0 Å². The van der Waals surface area contributed by atoms with E-state index in [9.17, 15) is 13.2 Å². The van der Waals surface area contributed by atoms with Crippen molar-refractivity contribution in [2.24, 2.45) is 0 Å². The number of unbranched alkanes of at least 4 members (excludes halogenated alkanes) is 3. The van der Waals surface area contributed by atoms with Crippen molar-refractivity contribution >= 4 is 0 Å². The third kappa shape index (κ3) is 6.01. The van der Waals surface area contributed by atoms with Crippen molar-refractivity contribution in [1.82, 2.24) is 0 Å². The fourth-order valence-corrected chi connectivity index (χ4v) is 0.840. The SMILES string of the molecule is C=CCCCCCC(F)=C(F)F. The highest BCUT2D eigenvalue weighted by Gasteiger charge is 2.03. The second kappa shape index (κ2) is 6.95. The van der Waals surface area contributed by atoms with Gasteiger partial charge in [-0.05, 0) is 19.3 Å². The molecule has 3 heteroatoms. The molecule has 0 radical (unpaired) electrons. The van der Waals surface area contributed by atoms with Crippen molar-refractivity contribution in [2.45, 2.75) is 32.1 Å². The van der Waals surface area contributed by atoms with Gasteiger partial charge in [-0.25, -0.2) is 4.39 Å². The molecule has 0 nitrogen and oxygen atoms in total. The molecule has 0 atom stereocenters. The predicted octanol–water partition coefficient (Wildman–Crippen LogP) is 4.20. The maximum absolute atomic E-state index is 12.1. The monoisotopic (exact) mass is 178 g/mol. The van der Waals surface area contributed by atoms with Gasteiger partial charge < -0.3 is 0 Å². The maximum Gasteiger partial charge on any atom is 0.301 e. The van der Waals surface area contributed by atoms with Crippen LogP contribution in [0.2, 0.25) is 0 Å². The van der Waals surface area contributed by atoms with Crippen molar-refractivity contribution in [1.29, 1.82) is 0 Å². The second-order valence-electron chi connectivity index (χ2n) is 2.55. The van der Waals surface area contributed by atoms with Gasteiger partial charge in [-0.1, -0.05) is 12.5 Å². The van der Waals surface area contributed by atoms with E-state index in [2.05, 4.69) is 6.58 Å². The molecule has 0 fully saturated rings. The van der Waals surface area contributed by atoms with Gasteiger partial charge in [-0.15, -0.1) is 6.58 Å². The van der Waals surface area contributed by atoms with Crippen molar-refractivity contribution in [2.75, 3.05) is 0 Å². The second-order valence-corrected chi connectivity index (χ2v) is 2.55. The van der Waals surface area contributed by atoms with Gasteiger partial charge >= 0.3 is 6.08 Å². The molecule has 70 valence electrons. The van der Waals surface area contributed by atoms with Gasteiger partial charge in [0.25, 0.3) is 0 Å². The lowest BCUT2D eigenvalue weighted by atomic mass is 10.1. The van der Waals surface area contributed by atoms with Crippen LogP contribution in [0.4, 0.5) is 13.2 Å². The first kappa shape index (κ1) is 11.3. The molecule has 0 aliphatic carbocycles. The summed E-state index contributed by atoms with van der Waals surface area (Å²) in [5.41, 5.74) is 0. The van der Waals surface area contributed by atoms with Crippen LogP contribution in [-0.2, 0) is 0 Å². The van der Waals surface area contributed by atoms with Gasteiger partial charge in [-0.3, -0.25) is 0 Å². The molecule has 0 rings (SSSR count). The van der Waals surface area contributed by atoms with E-state index < -0.39 is 11.9 Å². The van der Waals surface area contributed by atoms with Crippen LogP contribution in [0, 0.1) is 0 Å². The summed E-state index contributed by atoms with van der Waals surface area (Å²) in [6.45, 7) is 3.52. The van der Waals surface area contributed by atoms with E-state index in [-0.39, 0.29) is 6.42 Å². The zero-order valence-corrected chi connectivity index (χ0v) is 6.95. The summed E-state index contributed by atoms with van der Waals surface area (Å²) in [7, 11) is 0. The molecular weight excluding hydrogens is 165 g/mol. The molecule has 0 aliphatic rings. The molecule has 0 aromatic rings. The first-order valence-corrected chi connectivity index (χ1v) is 3.99. The van der Waals surface area contributed by atoms with Crippen molar-refractivity contribution in [3.05, 3.63) is 24.6 Å². The average Bonchev–Trinajstić information content (AvgIpc) is 2.03. The Hall–Kier alpha value is -0.730. The Morgan fingerprint density at radius 2 is 1.75 bits per heavy atom. The summed E-state index contributed by atoms with van der Waals surface area (Å²) < 4.78 is 35.1. The third-order valence-corrected chi connectivity index (χ3v) is 1.51. The van der Waals surface area contributed by atoms with Gasteiger partial charge in [0, 0.05) is 6.42 Å². The largest absolute Gasteiger partial charge is 0.301 e. The van der Waals surface area contributed by atoms with Crippen LogP contribution < -0.4 is 0 Å². The van der Waals surface area contributed by atoms with Crippen molar-refractivity contribution in [3.8, 4) is 0 Å². The van der Waals surface area contributed by atoms with Crippen LogP contribution in [0.3, 0.4) is 0 Å². The Labute approximate surface area is 70.8 Å². The Bertz CT molecular complexity index is 157. The summed E-state index contributed by atoms with van der Waals surface area (Å²) in [4.78, 5) is 0. The first-order chi connectivity index (χ1) is 5.68. The zero-order valence-electron chi connectivity index (χ0n) is 6.95. The van der Waals surface area contributed by atoms with Gasteiger partial charge in [-0.2, -0.15) is 8.78 Å². The summed E-state index contributed by atoms with van der Waals surface area (Å²) in [6, 6.07) is 0.